The molecule has 4 rings (SSSR count). The second-order valence-electron chi connectivity index (χ2n) is 5.89. The van der Waals surface area contributed by atoms with E-state index in [9.17, 15) is 14.7 Å². The lowest BCUT2D eigenvalue weighted by Gasteiger charge is -2.31. The van der Waals surface area contributed by atoms with Gasteiger partial charge in [-0.2, -0.15) is 0 Å². The molecule has 3 aliphatic rings. The van der Waals surface area contributed by atoms with Crippen molar-refractivity contribution in [2.45, 2.75) is 30.8 Å². The molecule has 1 saturated carbocycles. The van der Waals surface area contributed by atoms with Crippen molar-refractivity contribution in [3.05, 3.63) is 35.4 Å². The van der Waals surface area contributed by atoms with E-state index in [1.54, 1.807) is 0 Å². The lowest BCUT2D eigenvalue weighted by Crippen LogP contribution is -2.42. The van der Waals surface area contributed by atoms with Gasteiger partial charge in [0, 0.05) is 7.05 Å². The zero-order valence-corrected chi connectivity index (χ0v) is 10.7. The highest BCUT2D eigenvalue weighted by atomic mass is 16.3. The number of rotatable bonds is 0. The summed E-state index contributed by atoms with van der Waals surface area (Å²) in [5.74, 6) is -0.349. The predicted molar refractivity (Wildman–Crippen MR) is 67.1 cm³/mol. The molecule has 0 radical (unpaired) electrons. The lowest BCUT2D eigenvalue weighted by atomic mass is 9.67. The zero-order valence-electron chi connectivity index (χ0n) is 10.7. The Hall–Kier alpha value is -1.68. The minimum Gasteiger partial charge on any atom is -0.387 e. The Labute approximate surface area is 111 Å². The van der Waals surface area contributed by atoms with Crippen LogP contribution in [0.3, 0.4) is 0 Å². The van der Waals surface area contributed by atoms with Gasteiger partial charge in [-0.25, -0.2) is 0 Å². The van der Waals surface area contributed by atoms with E-state index >= 15 is 0 Å². The number of amides is 2. The number of aliphatic hydroxyl groups excluding tert-OH is 1. The molecule has 1 aromatic rings. The van der Waals surface area contributed by atoms with Crippen LogP contribution in [-0.2, 0) is 15.0 Å². The SMILES string of the molecule is CN1C(=O)C23CCCC2(C1=O)C(O)c1ccccc13. The Kier molecular flexibility index (Phi) is 1.81. The van der Waals surface area contributed by atoms with Gasteiger partial charge in [-0.15, -0.1) is 0 Å². The smallest absolute Gasteiger partial charge is 0.240 e. The van der Waals surface area contributed by atoms with Crippen molar-refractivity contribution in [1.29, 1.82) is 0 Å². The van der Waals surface area contributed by atoms with Crippen LogP contribution in [0.5, 0.6) is 0 Å². The second kappa shape index (κ2) is 3.07. The maximum Gasteiger partial charge on any atom is 0.240 e. The highest BCUT2D eigenvalue weighted by Gasteiger charge is 2.77. The molecule has 1 aromatic carbocycles. The van der Waals surface area contributed by atoms with Crippen molar-refractivity contribution in [1.82, 2.24) is 4.90 Å². The van der Waals surface area contributed by atoms with Crippen LogP contribution in [-0.4, -0.2) is 28.9 Å². The van der Waals surface area contributed by atoms with Crippen LogP contribution in [0.25, 0.3) is 0 Å². The normalized spacial score (nSPS) is 39.5. The third-order valence-electron chi connectivity index (χ3n) is 5.42. The summed E-state index contributed by atoms with van der Waals surface area (Å²) in [6, 6.07) is 7.47. The van der Waals surface area contributed by atoms with Crippen molar-refractivity contribution in [3.63, 3.8) is 0 Å². The molecule has 1 aliphatic heterocycles. The standard InChI is InChI=1S/C15H15NO3/c1-16-12(18)14-7-4-8-15(14,13(16)19)11(17)9-5-2-3-6-10(9)14/h2-3,5-6,11,17H,4,7-8H2,1H3. The van der Waals surface area contributed by atoms with E-state index in [1.807, 2.05) is 24.3 Å². The number of carbonyl (C=O) groups is 2. The van der Waals surface area contributed by atoms with E-state index < -0.39 is 16.9 Å². The predicted octanol–water partition coefficient (Wildman–Crippen LogP) is 1.14. The Bertz CT molecular complexity index is 626. The molecular weight excluding hydrogens is 242 g/mol. The molecule has 3 atom stereocenters. The summed E-state index contributed by atoms with van der Waals surface area (Å²) >= 11 is 0. The van der Waals surface area contributed by atoms with Gasteiger partial charge in [-0.1, -0.05) is 30.7 Å². The molecule has 1 saturated heterocycles. The molecule has 2 fully saturated rings. The van der Waals surface area contributed by atoms with Crippen LogP contribution in [0.1, 0.15) is 36.5 Å². The topological polar surface area (TPSA) is 57.6 Å². The number of carbonyl (C=O) groups excluding carboxylic acids is 2. The molecule has 4 nitrogen and oxygen atoms in total. The largest absolute Gasteiger partial charge is 0.387 e. The van der Waals surface area contributed by atoms with Crippen LogP contribution in [0.4, 0.5) is 0 Å². The number of likely N-dealkylation sites (tertiary alicyclic amines) is 1. The summed E-state index contributed by atoms with van der Waals surface area (Å²) in [7, 11) is 1.53. The number of hydrogen-bond donors (Lipinski definition) is 1. The summed E-state index contributed by atoms with van der Waals surface area (Å²) in [5.41, 5.74) is -0.128. The molecule has 1 heterocycles. The number of hydrogen-bond acceptors (Lipinski definition) is 3. The van der Waals surface area contributed by atoms with Crippen LogP contribution in [0, 0.1) is 5.41 Å². The first-order chi connectivity index (χ1) is 9.07. The first kappa shape index (κ1) is 11.2. The van der Waals surface area contributed by atoms with E-state index in [4.69, 9.17) is 0 Å². The lowest BCUT2D eigenvalue weighted by molar-refractivity contribution is -0.143. The Morgan fingerprint density at radius 3 is 2.74 bits per heavy atom. The highest BCUT2D eigenvalue weighted by Crippen LogP contribution is 2.69. The number of aliphatic hydroxyl groups is 1. The van der Waals surface area contributed by atoms with Crippen LogP contribution < -0.4 is 0 Å². The van der Waals surface area contributed by atoms with Gasteiger partial charge in [0.05, 0.1) is 16.9 Å². The summed E-state index contributed by atoms with van der Waals surface area (Å²) in [6.45, 7) is 0. The second-order valence-corrected chi connectivity index (χ2v) is 5.89. The van der Waals surface area contributed by atoms with Gasteiger partial charge in [0.15, 0.2) is 0 Å². The maximum absolute atomic E-state index is 12.7. The van der Waals surface area contributed by atoms with Crippen molar-refractivity contribution < 1.29 is 14.7 Å². The molecule has 0 bridgehead atoms. The Morgan fingerprint density at radius 1 is 1.21 bits per heavy atom. The number of fused-ring (bicyclic) bond motifs is 1. The van der Waals surface area contributed by atoms with E-state index in [2.05, 4.69) is 0 Å². The fourth-order valence-corrected chi connectivity index (χ4v) is 4.70. The average molecular weight is 257 g/mol. The summed E-state index contributed by atoms with van der Waals surface area (Å²) in [5, 5.41) is 10.7. The first-order valence-electron chi connectivity index (χ1n) is 6.67. The molecule has 1 N–H and O–H groups in total. The van der Waals surface area contributed by atoms with Gasteiger partial charge in [0.25, 0.3) is 0 Å². The third-order valence-corrected chi connectivity index (χ3v) is 5.42. The summed E-state index contributed by atoms with van der Waals surface area (Å²) in [4.78, 5) is 26.5. The van der Waals surface area contributed by atoms with E-state index in [0.717, 1.165) is 17.5 Å². The van der Waals surface area contributed by atoms with E-state index in [-0.39, 0.29) is 11.8 Å². The van der Waals surface area contributed by atoms with Gasteiger partial charge in [-0.05, 0) is 24.0 Å². The van der Waals surface area contributed by atoms with Gasteiger partial charge in [0.1, 0.15) is 0 Å². The average Bonchev–Trinajstić information content (AvgIpc) is 2.98. The number of benzene rings is 1. The highest BCUT2D eigenvalue weighted by molar-refractivity contribution is 6.14. The molecule has 3 unspecified atom stereocenters. The fraction of sp³-hybridized carbons (Fsp3) is 0.467. The minimum atomic E-state index is -0.942. The fourth-order valence-electron chi connectivity index (χ4n) is 4.70. The Balaban J connectivity index is 2.11. The van der Waals surface area contributed by atoms with Gasteiger partial charge in [0.2, 0.25) is 11.8 Å². The van der Waals surface area contributed by atoms with Gasteiger partial charge in [-0.3, -0.25) is 14.5 Å². The zero-order chi connectivity index (χ0) is 13.4. The van der Waals surface area contributed by atoms with Crippen LogP contribution in [0.15, 0.2) is 24.3 Å². The Morgan fingerprint density at radius 2 is 1.95 bits per heavy atom. The van der Waals surface area contributed by atoms with Gasteiger partial charge >= 0.3 is 0 Å². The molecule has 98 valence electrons. The molecule has 19 heavy (non-hydrogen) atoms. The number of nitrogens with zero attached hydrogens (tertiary/aromatic N) is 1. The third kappa shape index (κ3) is 0.862. The van der Waals surface area contributed by atoms with Crippen LogP contribution >= 0.6 is 0 Å². The summed E-state index contributed by atoms with van der Waals surface area (Å²) < 4.78 is 0. The van der Waals surface area contributed by atoms with Crippen molar-refractivity contribution in [2.24, 2.45) is 5.41 Å². The molecule has 0 spiro atoms. The molecule has 0 aromatic heterocycles. The van der Waals surface area contributed by atoms with Crippen molar-refractivity contribution in [3.8, 4) is 0 Å². The molecular formula is C15H15NO3. The minimum absolute atomic E-state index is 0.140. The van der Waals surface area contributed by atoms with Crippen molar-refractivity contribution >= 4 is 11.8 Å². The molecule has 4 heteroatoms. The van der Waals surface area contributed by atoms with Crippen LogP contribution in [0.2, 0.25) is 0 Å². The number of imide groups is 1. The molecule has 2 aliphatic carbocycles. The molecule has 2 amide bonds. The maximum atomic E-state index is 12.7. The van der Waals surface area contributed by atoms with E-state index in [1.165, 1.54) is 11.9 Å². The quantitative estimate of drug-likeness (QED) is 0.709. The van der Waals surface area contributed by atoms with E-state index in [0.29, 0.717) is 12.8 Å². The van der Waals surface area contributed by atoms with Gasteiger partial charge < -0.3 is 5.11 Å². The summed E-state index contributed by atoms with van der Waals surface area (Å²) in [6.07, 6.45) is 1.22. The number of likely N-dealkylation sites (N-methyl/N-ethyl adjacent to an activating group) is 1. The monoisotopic (exact) mass is 257 g/mol. The van der Waals surface area contributed by atoms with Crippen molar-refractivity contribution in [2.75, 3.05) is 7.05 Å². The first-order valence-corrected chi connectivity index (χ1v) is 6.67.